The zero-order valence-corrected chi connectivity index (χ0v) is 11.0. The Morgan fingerprint density at radius 3 is 2.53 bits per heavy atom. The van der Waals surface area contributed by atoms with Crippen LogP contribution in [0.25, 0.3) is 0 Å². The first-order chi connectivity index (χ1) is 8.29. The molecule has 0 amide bonds. The smallest absolute Gasteiger partial charge is 0.131 e. The van der Waals surface area contributed by atoms with Crippen LogP contribution in [0.15, 0.2) is 53.0 Å². The van der Waals surface area contributed by atoms with Crippen molar-refractivity contribution in [2.45, 2.75) is 6.42 Å². The van der Waals surface area contributed by atoms with Crippen molar-refractivity contribution < 1.29 is 4.74 Å². The number of halogens is 1. The van der Waals surface area contributed by atoms with Gasteiger partial charge in [-0.05, 0) is 42.8 Å². The number of para-hydroxylation sites is 1. The van der Waals surface area contributed by atoms with Gasteiger partial charge in [0.2, 0.25) is 0 Å². The van der Waals surface area contributed by atoms with Gasteiger partial charge in [0.1, 0.15) is 11.5 Å². The molecule has 88 valence electrons. The zero-order chi connectivity index (χ0) is 12.1. The van der Waals surface area contributed by atoms with Crippen molar-refractivity contribution >= 4 is 15.9 Å². The van der Waals surface area contributed by atoms with E-state index >= 15 is 0 Å². The van der Waals surface area contributed by atoms with Crippen molar-refractivity contribution in [3.05, 3.63) is 58.6 Å². The molecule has 0 aliphatic carbocycles. The van der Waals surface area contributed by atoms with Crippen molar-refractivity contribution in [3.8, 4) is 11.5 Å². The van der Waals surface area contributed by atoms with Gasteiger partial charge in [0.05, 0.1) is 0 Å². The van der Waals surface area contributed by atoms with Gasteiger partial charge in [0.15, 0.2) is 0 Å². The second-order valence-electron chi connectivity index (χ2n) is 3.71. The molecule has 2 rings (SSSR count). The monoisotopic (exact) mass is 291 g/mol. The predicted molar refractivity (Wildman–Crippen MR) is 73.4 cm³/mol. The van der Waals surface area contributed by atoms with Crippen molar-refractivity contribution in [2.75, 3.05) is 6.54 Å². The SMILES string of the molecule is NCCc1ccc(Br)cc1Oc1ccccc1. The molecule has 0 spiro atoms. The van der Waals surface area contributed by atoms with Gasteiger partial charge in [-0.15, -0.1) is 0 Å². The summed E-state index contributed by atoms with van der Waals surface area (Å²) in [6, 6.07) is 15.8. The zero-order valence-electron chi connectivity index (χ0n) is 9.40. The molecule has 0 saturated carbocycles. The first-order valence-corrected chi connectivity index (χ1v) is 6.30. The second-order valence-corrected chi connectivity index (χ2v) is 4.62. The molecule has 3 heteroatoms. The van der Waals surface area contributed by atoms with E-state index in [1.165, 1.54) is 0 Å². The Balaban J connectivity index is 2.27. The van der Waals surface area contributed by atoms with Gasteiger partial charge in [0.25, 0.3) is 0 Å². The minimum atomic E-state index is 0.618. The van der Waals surface area contributed by atoms with Gasteiger partial charge < -0.3 is 10.5 Å². The molecule has 0 bridgehead atoms. The van der Waals surface area contributed by atoms with E-state index in [0.717, 1.165) is 28.0 Å². The van der Waals surface area contributed by atoms with Crippen LogP contribution < -0.4 is 10.5 Å². The summed E-state index contributed by atoms with van der Waals surface area (Å²) in [6.45, 7) is 0.618. The van der Waals surface area contributed by atoms with E-state index in [1.54, 1.807) is 0 Å². The Bertz CT molecular complexity index is 485. The molecule has 0 unspecified atom stereocenters. The van der Waals surface area contributed by atoms with Crippen LogP contribution in [0, 0.1) is 0 Å². The molecule has 2 aromatic carbocycles. The maximum Gasteiger partial charge on any atom is 0.131 e. The number of benzene rings is 2. The molecule has 0 saturated heterocycles. The Kier molecular flexibility index (Phi) is 4.18. The number of hydrogen-bond acceptors (Lipinski definition) is 2. The molecule has 2 N–H and O–H groups in total. The Morgan fingerprint density at radius 2 is 1.82 bits per heavy atom. The van der Waals surface area contributed by atoms with Crippen LogP contribution in [-0.2, 0) is 6.42 Å². The van der Waals surface area contributed by atoms with E-state index in [9.17, 15) is 0 Å². The second kappa shape index (κ2) is 5.84. The van der Waals surface area contributed by atoms with Crippen LogP contribution >= 0.6 is 15.9 Å². The fourth-order valence-corrected chi connectivity index (χ4v) is 1.94. The number of hydrogen-bond donors (Lipinski definition) is 1. The van der Waals surface area contributed by atoms with Gasteiger partial charge in [0, 0.05) is 4.47 Å². The third-order valence-electron chi connectivity index (χ3n) is 2.41. The van der Waals surface area contributed by atoms with Crippen molar-refractivity contribution in [1.29, 1.82) is 0 Å². The minimum Gasteiger partial charge on any atom is -0.457 e. The largest absolute Gasteiger partial charge is 0.457 e. The number of rotatable bonds is 4. The van der Waals surface area contributed by atoms with Gasteiger partial charge in [-0.3, -0.25) is 0 Å². The maximum atomic E-state index is 5.86. The highest BCUT2D eigenvalue weighted by Gasteiger charge is 2.05. The van der Waals surface area contributed by atoms with E-state index < -0.39 is 0 Å². The minimum absolute atomic E-state index is 0.618. The highest BCUT2D eigenvalue weighted by Crippen LogP contribution is 2.28. The summed E-state index contributed by atoms with van der Waals surface area (Å²) < 4.78 is 6.86. The standard InChI is InChI=1S/C14H14BrNO/c15-12-7-6-11(8-9-16)14(10-12)17-13-4-2-1-3-5-13/h1-7,10H,8-9,16H2. The normalized spacial score (nSPS) is 10.2. The third kappa shape index (κ3) is 3.32. The van der Waals surface area contributed by atoms with Crippen LogP contribution in [0.2, 0.25) is 0 Å². The fraction of sp³-hybridized carbons (Fsp3) is 0.143. The fourth-order valence-electron chi connectivity index (χ4n) is 1.60. The predicted octanol–water partition coefficient (Wildman–Crippen LogP) is 3.74. The molecule has 0 aliphatic rings. The number of ether oxygens (including phenoxy) is 1. The van der Waals surface area contributed by atoms with E-state index in [-0.39, 0.29) is 0 Å². The lowest BCUT2D eigenvalue weighted by molar-refractivity contribution is 0.476. The molecule has 0 atom stereocenters. The summed E-state index contributed by atoms with van der Waals surface area (Å²) in [7, 11) is 0. The first-order valence-electron chi connectivity index (χ1n) is 5.51. The first kappa shape index (κ1) is 12.1. The lowest BCUT2D eigenvalue weighted by Gasteiger charge is -2.11. The Hall–Kier alpha value is -1.32. The molecule has 17 heavy (non-hydrogen) atoms. The average molecular weight is 292 g/mol. The molecule has 0 aliphatic heterocycles. The van der Waals surface area contributed by atoms with Crippen molar-refractivity contribution in [1.82, 2.24) is 0 Å². The Morgan fingerprint density at radius 1 is 1.06 bits per heavy atom. The summed E-state index contributed by atoms with van der Waals surface area (Å²) >= 11 is 3.45. The quantitative estimate of drug-likeness (QED) is 0.931. The van der Waals surface area contributed by atoms with Crippen molar-refractivity contribution in [2.24, 2.45) is 5.73 Å². The average Bonchev–Trinajstić information content (AvgIpc) is 2.34. The van der Waals surface area contributed by atoms with Crippen LogP contribution in [0.3, 0.4) is 0 Å². The van der Waals surface area contributed by atoms with E-state index in [1.807, 2.05) is 48.5 Å². The summed E-state index contributed by atoms with van der Waals surface area (Å²) in [5.41, 5.74) is 6.72. The molecule has 2 aromatic rings. The summed E-state index contributed by atoms with van der Waals surface area (Å²) in [6.07, 6.45) is 0.815. The van der Waals surface area contributed by atoms with Gasteiger partial charge in [-0.2, -0.15) is 0 Å². The van der Waals surface area contributed by atoms with Gasteiger partial charge in [-0.1, -0.05) is 40.2 Å². The molecule has 0 aromatic heterocycles. The van der Waals surface area contributed by atoms with Gasteiger partial charge >= 0.3 is 0 Å². The topological polar surface area (TPSA) is 35.2 Å². The van der Waals surface area contributed by atoms with Crippen LogP contribution in [0.5, 0.6) is 11.5 Å². The molecule has 0 radical (unpaired) electrons. The summed E-state index contributed by atoms with van der Waals surface area (Å²) in [5.74, 6) is 1.69. The Labute approximate surface area is 110 Å². The molecular formula is C14H14BrNO. The highest BCUT2D eigenvalue weighted by atomic mass is 79.9. The lowest BCUT2D eigenvalue weighted by atomic mass is 10.1. The van der Waals surface area contributed by atoms with Crippen LogP contribution in [-0.4, -0.2) is 6.54 Å². The maximum absolute atomic E-state index is 5.86. The van der Waals surface area contributed by atoms with Crippen molar-refractivity contribution in [3.63, 3.8) is 0 Å². The third-order valence-corrected chi connectivity index (χ3v) is 2.91. The molecular weight excluding hydrogens is 278 g/mol. The molecule has 0 fully saturated rings. The summed E-state index contributed by atoms with van der Waals surface area (Å²) in [4.78, 5) is 0. The van der Waals surface area contributed by atoms with Gasteiger partial charge in [-0.25, -0.2) is 0 Å². The summed E-state index contributed by atoms with van der Waals surface area (Å²) in [5, 5.41) is 0. The van der Waals surface area contributed by atoms with E-state index in [0.29, 0.717) is 6.54 Å². The molecule has 2 nitrogen and oxygen atoms in total. The molecule has 0 heterocycles. The highest BCUT2D eigenvalue weighted by molar-refractivity contribution is 9.10. The van der Waals surface area contributed by atoms with Crippen LogP contribution in [0.4, 0.5) is 0 Å². The lowest BCUT2D eigenvalue weighted by Crippen LogP contribution is -2.04. The van der Waals surface area contributed by atoms with E-state index in [2.05, 4.69) is 15.9 Å². The van der Waals surface area contributed by atoms with E-state index in [4.69, 9.17) is 10.5 Å². The number of nitrogens with two attached hydrogens (primary N) is 1. The van der Waals surface area contributed by atoms with Crippen LogP contribution in [0.1, 0.15) is 5.56 Å².